The quantitative estimate of drug-likeness (QED) is 0.688. The first-order chi connectivity index (χ1) is 10.9. The van der Waals surface area contributed by atoms with Crippen molar-refractivity contribution in [1.82, 2.24) is 4.98 Å². The minimum absolute atomic E-state index is 0.175. The molecule has 0 saturated carbocycles. The van der Waals surface area contributed by atoms with Gasteiger partial charge in [0, 0.05) is 24.2 Å². The fraction of sp³-hybridized carbons (Fsp3) is 0.158. The van der Waals surface area contributed by atoms with Gasteiger partial charge >= 0.3 is 0 Å². The van der Waals surface area contributed by atoms with E-state index in [1.54, 1.807) is 0 Å². The maximum absolute atomic E-state index is 8.89. The highest BCUT2D eigenvalue weighted by Gasteiger charge is 2.16. The number of benzene rings is 2. The predicted octanol–water partition coefficient (Wildman–Crippen LogP) is 4.33. The van der Waals surface area contributed by atoms with E-state index in [0.29, 0.717) is 12.3 Å². The van der Waals surface area contributed by atoms with E-state index in [0.717, 1.165) is 29.0 Å². The van der Waals surface area contributed by atoms with Crippen molar-refractivity contribution in [3.05, 3.63) is 73.0 Å². The topological polar surface area (TPSA) is 46.3 Å². The van der Waals surface area contributed by atoms with Crippen LogP contribution in [0.15, 0.2) is 65.1 Å². The Labute approximate surface area is 130 Å². The van der Waals surface area contributed by atoms with Gasteiger partial charge in [-0.15, -0.1) is 0 Å². The zero-order valence-electron chi connectivity index (χ0n) is 12.3. The smallest absolute Gasteiger partial charge is 0.199 e. The lowest BCUT2D eigenvalue weighted by Gasteiger charge is -2.00. The second kappa shape index (κ2) is 7.05. The Balaban J connectivity index is 1.99. The second-order valence-electron chi connectivity index (χ2n) is 5.03. The number of aliphatic hydroxyl groups excluding tert-OH is 1. The first-order valence-electron chi connectivity index (χ1n) is 7.44. The van der Waals surface area contributed by atoms with Gasteiger partial charge < -0.3 is 9.52 Å². The van der Waals surface area contributed by atoms with Crippen molar-refractivity contribution in [2.45, 2.75) is 12.8 Å². The maximum atomic E-state index is 8.89. The lowest BCUT2D eigenvalue weighted by Crippen LogP contribution is -1.86. The summed E-state index contributed by atoms with van der Waals surface area (Å²) in [6.45, 7) is 0.175. The van der Waals surface area contributed by atoms with E-state index in [1.807, 2.05) is 67.1 Å². The molecule has 0 unspecified atom stereocenters. The van der Waals surface area contributed by atoms with Crippen LogP contribution in [0.25, 0.3) is 22.6 Å². The number of hydrogen-bond acceptors (Lipinski definition) is 3. The van der Waals surface area contributed by atoms with Crippen molar-refractivity contribution < 1.29 is 9.52 Å². The summed E-state index contributed by atoms with van der Waals surface area (Å²) in [6.07, 6.45) is 3.39. The molecule has 0 spiro atoms. The Kier molecular flexibility index (Phi) is 4.66. The highest BCUT2D eigenvalue weighted by atomic mass is 16.4. The van der Waals surface area contributed by atoms with Crippen LogP contribution in [0, 0.1) is 6.42 Å². The molecule has 3 rings (SSSR count). The third-order valence-electron chi connectivity index (χ3n) is 3.41. The van der Waals surface area contributed by atoms with E-state index >= 15 is 0 Å². The van der Waals surface area contributed by atoms with Crippen LogP contribution in [0.5, 0.6) is 0 Å². The van der Waals surface area contributed by atoms with Gasteiger partial charge in [0.05, 0.1) is 0 Å². The van der Waals surface area contributed by atoms with Crippen molar-refractivity contribution in [3.63, 3.8) is 0 Å². The van der Waals surface area contributed by atoms with Crippen LogP contribution in [0.2, 0.25) is 0 Å². The third kappa shape index (κ3) is 3.26. The molecule has 0 atom stereocenters. The van der Waals surface area contributed by atoms with E-state index in [9.17, 15) is 0 Å². The number of aromatic nitrogens is 1. The van der Waals surface area contributed by atoms with Gasteiger partial charge in [-0.2, -0.15) is 0 Å². The van der Waals surface area contributed by atoms with E-state index < -0.39 is 0 Å². The molecular weight excluding hydrogens is 274 g/mol. The zero-order chi connectivity index (χ0) is 15.2. The molecule has 0 amide bonds. The fourth-order valence-electron chi connectivity index (χ4n) is 2.32. The normalized spacial score (nSPS) is 10.8. The summed E-state index contributed by atoms with van der Waals surface area (Å²) in [7, 11) is 0. The van der Waals surface area contributed by atoms with Crippen molar-refractivity contribution in [2.24, 2.45) is 0 Å². The number of unbranched alkanes of at least 4 members (excludes halogenated alkanes) is 1. The summed E-state index contributed by atoms with van der Waals surface area (Å²) >= 11 is 0. The number of rotatable bonds is 6. The number of oxazole rings is 1. The van der Waals surface area contributed by atoms with Gasteiger partial charge in [0.1, 0.15) is 5.69 Å². The van der Waals surface area contributed by atoms with Crippen LogP contribution in [-0.4, -0.2) is 16.7 Å². The number of hydrogen-bond donors (Lipinski definition) is 1. The van der Waals surface area contributed by atoms with Crippen molar-refractivity contribution in [2.75, 3.05) is 6.61 Å². The molecule has 22 heavy (non-hydrogen) atoms. The van der Waals surface area contributed by atoms with Gasteiger partial charge in [-0.25, -0.2) is 4.98 Å². The molecule has 0 saturated heterocycles. The largest absolute Gasteiger partial charge is 0.440 e. The highest BCUT2D eigenvalue weighted by Crippen LogP contribution is 2.33. The van der Waals surface area contributed by atoms with Crippen LogP contribution < -0.4 is 0 Å². The Morgan fingerprint density at radius 1 is 0.909 bits per heavy atom. The zero-order valence-corrected chi connectivity index (χ0v) is 12.3. The number of nitrogens with zero attached hydrogens (tertiary/aromatic N) is 1. The monoisotopic (exact) mass is 292 g/mol. The molecule has 0 fully saturated rings. The Bertz CT molecular complexity index is 648. The van der Waals surface area contributed by atoms with Crippen LogP contribution in [0.4, 0.5) is 0 Å². The molecule has 0 aliphatic carbocycles. The Hall–Kier alpha value is -2.39. The lowest BCUT2D eigenvalue weighted by molar-refractivity contribution is 0.288. The first-order valence-corrected chi connectivity index (χ1v) is 7.44. The van der Waals surface area contributed by atoms with Crippen molar-refractivity contribution >= 4 is 0 Å². The van der Waals surface area contributed by atoms with Gasteiger partial charge in [-0.05, 0) is 12.8 Å². The average Bonchev–Trinajstić information content (AvgIpc) is 3.01. The molecule has 0 aliphatic heterocycles. The van der Waals surface area contributed by atoms with Crippen molar-refractivity contribution in [3.8, 4) is 22.6 Å². The lowest BCUT2D eigenvalue weighted by atomic mass is 10.1. The van der Waals surface area contributed by atoms with Crippen LogP contribution >= 0.6 is 0 Å². The first kappa shape index (κ1) is 14.5. The van der Waals surface area contributed by atoms with Crippen LogP contribution in [0.3, 0.4) is 0 Å². The molecule has 3 nitrogen and oxygen atoms in total. The molecular formula is C19H18NO2. The summed E-state index contributed by atoms with van der Waals surface area (Å²) in [5.74, 6) is 1.38. The molecule has 3 aromatic rings. The van der Waals surface area contributed by atoms with Gasteiger partial charge in [0.2, 0.25) is 0 Å². The maximum Gasteiger partial charge on any atom is 0.199 e. The summed E-state index contributed by atoms with van der Waals surface area (Å²) in [4.78, 5) is 4.62. The predicted molar refractivity (Wildman–Crippen MR) is 87.1 cm³/mol. The molecule has 0 bridgehead atoms. The SMILES string of the molecule is OCCC[CH]c1nc(-c2ccccc2)c(-c2ccccc2)o1. The Morgan fingerprint density at radius 3 is 2.18 bits per heavy atom. The summed E-state index contributed by atoms with van der Waals surface area (Å²) in [5, 5.41) is 8.89. The molecule has 2 aromatic carbocycles. The standard InChI is InChI=1S/C19H18NO2/c21-14-8-7-13-17-20-18(15-9-3-1-4-10-15)19(22-17)16-11-5-2-6-12-16/h1-6,9-13,21H,7-8,14H2. The summed E-state index contributed by atoms with van der Waals surface area (Å²) in [5.41, 5.74) is 2.89. The molecule has 3 heteroatoms. The molecule has 111 valence electrons. The molecule has 1 aromatic heterocycles. The molecule has 1 N–H and O–H groups in total. The molecule has 1 heterocycles. The van der Waals surface area contributed by atoms with E-state index in [2.05, 4.69) is 4.98 Å². The average molecular weight is 292 g/mol. The Morgan fingerprint density at radius 2 is 1.55 bits per heavy atom. The molecule has 1 radical (unpaired) electrons. The molecule has 0 aliphatic rings. The minimum atomic E-state index is 0.175. The van der Waals surface area contributed by atoms with Gasteiger partial charge in [0.15, 0.2) is 11.7 Å². The third-order valence-corrected chi connectivity index (χ3v) is 3.41. The van der Waals surface area contributed by atoms with E-state index in [-0.39, 0.29) is 6.61 Å². The second-order valence-corrected chi connectivity index (χ2v) is 5.03. The summed E-state index contributed by atoms with van der Waals surface area (Å²) in [6, 6.07) is 20.0. The van der Waals surface area contributed by atoms with E-state index in [1.165, 1.54) is 0 Å². The van der Waals surface area contributed by atoms with Crippen molar-refractivity contribution in [1.29, 1.82) is 0 Å². The number of aliphatic hydroxyl groups is 1. The summed E-state index contributed by atoms with van der Waals surface area (Å²) < 4.78 is 5.95. The van der Waals surface area contributed by atoms with Crippen LogP contribution in [-0.2, 0) is 0 Å². The van der Waals surface area contributed by atoms with E-state index in [4.69, 9.17) is 9.52 Å². The van der Waals surface area contributed by atoms with Gasteiger partial charge in [-0.3, -0.25) is 0 Å². The fourth-order valence-corrected chi connectivity index (χ4v) is 2.32. The van der Waals surface area contributed by atoms with Gasteiger partial charge in [-0.1, -0.05) is 60.7 Å². The van der Waals surface area contributed by atoms with Gasteiger partial charge in [0.25, 0.3) is 0 Å². The minimum Gasteiger partial charge on any atom is -0.440 e. The van der Waals surface area contributed by atoms with Crippen LogP contribution in [0.1, 0.15) is 18.7 Å². The highest BCUT2D eigenvalue weighted by molar-refractivity contribution is 5.76.